The molecule has 3 aromatic rings. The van der Waals surface area contributed by atoms with Crippen molar-refractivity contribution in [3.63, 3.8) is 0 Å². The summed E-state index contributed by atoms with van der Waals surface area (Å²) in [5.41, 5.74) is 0.801. The van der Waals surface area contributed by atoms with Crippen molar-refractivity contribution in [3.8, 4) is 17.2 Å². The average Bonchev–Trinajstić information content (AvgIpc) is 2.59. The number of carbonyl (C=O) groups is 1. The summed E-state index contributed by atoms with van der Waals surface area (Å²) < 4.78 is 6.58. The molecule has 3 aromatic carbocycles. The molecule has 24 heavy (non-hydrogen) atoms. The molecule has 1 amide bonds. The lowest BCUT2D eigenvalue weighted by molar-refractivity contribution is 0.102. The second kappa shape index (κ2) is 7.19. The Kier molecular flexibility index (Phi) is 4.82. The maximum absolute atomic E-state index is 12.4. The number of ether oxygens (including phenoxy) is 1. The minimum Gasteiger partial charge on any atom is -0.504 e. The number of phenols is 1. The van der Waals surface area contributed by atoms with Crippen molar-refractivity contribution in [2.75, 3.05) is 5.32 Å². The molecule has 3 rings (SSSR count). The number of benzene rings is 3. The zero-order chi connectivity index (χ0) is 16.9. The molecule has 0 aliphatic heterocycles. The van der Waals surface area contributed by atoms with Gasteiger partial charge in [-0.1, -0.05) is 40.2 Å². The highest BCUT2D eigenvalue weighted by molar-refractivity contribution is 9.10. The third kappa shape index (κ3) is 3.75. The van der Waals surface area contributed by atoms with Crippen molar-refractivity contribution >= 4 is 27.5 Å². The van der Waals surface area contributed by atoms with Crippen LogP contribution in [0.1, 0.15) is 10.4 Å². The summed E-state index contributed by atoms with van der Waals surface area (Å²) in [6, 6.07) is 21.1. The smallest absolute Gasteiger partial charge is 0.259 e. The van der Waals surface area contributed by atoms with Crippen LogP contribution in [0.3, 0.4) is 0 Å². The number of phenolic OH excluding ortho intramolecular Hbond substituents is 1. The highest BCUT2D eigenvalue weighted by Crippen LogP contribution is 2.34. The standard InChI is InChI=1S/C19H14BrNO3/c20-13-9-11-15(12-10-13)24-17-8-4-7-16(18(17)22)19(23)21-14-5-2-1-3-6-14/h1-12,22H,(H,21,23). The highest BCUT2D eigenvalue weighted by Gasteiger charge is 2.15. The Morgan fingerprint density at radius 2 is 1.62 bits per heavy atom. The van der Waals surface area contributed by atoms with Crippen molar-refractivity contribution in [1.29, 1.82) is 0 Å². The van der Waals surface area contributed by atoms with Crippen LogP contribution in [-0.4, -0.2) is 11.0 Å². The van der Waals surface area contributed by atoms with E-state index in [0.717, 1.165) is 4.47 Å². The molecule has 0 unspecified atom stereocenters. The number of hydrogen-bond acceptors (Lipinski definition) is 3. The Hall–Kier alpha value is -2.79. The number of nitrogens with one attached hydrogen (secondary N) is 1. The van der Waals surface area contributed by atoms with E-state index in [-0.39, 0.29) is 17.1 Å². The number of rotatable bonds is 4. The second-order valence-electron chi connectivity index (χ2n) is 5.03. The molecule has 0 saturated heterocycles. The van der Waals surface area contributed by atoms with E-state index in [0.29, 0.717) is 11.4 Å². The Labute approximate surface area is 147 Å². The molecule has 0 heterocycles. The van der Waals surface area contributed by atoms with Crippen LogP contribution in [0.4, 0.5) is 5.69 Å². The van der Waals surface area contributed by atoms with Crippen molar-refractivity contribution in [2.45, 2.75) is 0 Å². The van der Waals surface area contributed by atoms with Crippen LogP contribution in [0.2, 0.25) is 0 Å². The maximum Gasteiger partial charge on any atom is 0.259 e. The molecule has 0 saturated carbocycles. The van der Waals surface area contributed by atoms with Gasteiger partial charge in [0.05, 0.1) is 5.56 Å². The fourth-order valence-corrected chi connectivity index (χ4v) is 2.40. The lowest BCUT2D eigenvalue weighted by atomic mass is 10.1. The van der Waals surface area contributed by atoms with E-state index < -0.39 is 5.91 Å². The van der Waals surface area contributed by atoms with Crippen molar-refractivity contribution in [1.82, 2.24) is 0 Å². The minimum atomic E-state index is -0.403. The number of halogens is 1. The molecule has 0 aliphatic rings. The summed E-state index contributed by atoms with van der Waals surface area (Å²) in [6.07, 6.45) is 0. The predicted octanol–water partition coefficient (Wildman–Crippen LogP) is 5.20. The van der Waals surface area contributed by atoms with E-state index in [1.807, 2.05) is 30.3 Å². The van der Waals surface area contributed by atoms with E-state index in [2.05, 4.69) is 21.2 Å². The molecule has 0 fully saturated rings. The minimum absolute atomic E-state index is 0.147. The SMILES string of the molecule is O=C(Nc1ccccc1)c1cccc(Oc2ccc(Br)cc2)c1O. The fourth-order valence-electron chi connectivity index (χ4n) is 2.14. The zero-order valence-corrected chi connectivity index (χ0v) is 14.2. The van der Waals surface area contributed by atoms with Crippen molar-refractivity contribution in [2.24, 2.45) is 0 Å². The van der Waals surface area contributed by atoms with Crippen LogP contribution < -0.4 is 10.1 Å². The number of carbonyl (C=O) groups excluding carboxylic acids is 1. The van der Waals surface area contributed by atoms with Crippen LogP contribution in [0.5, 0.6) is 17.2 Å². The lowest BCUT2D eigenvalue weighted by Crippen LogP contribution is -2.12. The van der Waals surface area contributed by atoms with E-state index in [4.69, 9.17) is 4.74 Å². The molecule has 0 atom stereocenters. The topological polar surface area (TPSA) is 58.6 Å². The Morgan fingerprint density at radius 3 is 2.33 bits per heavy atom. The maximum atomic E-state index is 12.4. The summed E-state index contributed by atoms with van der Waals surface area (Å²) in [7, 11) is 0. The largest absolute Gasteiger partial charge is 0.504 e. The Bertz CT molecular complexity index is 848. The molecule has 0 aromatic heterocycles. The third-order valence-electron chi connectivity index (χ3n) is 3.32. The molecule has 0 spiro atoms. The van der Waals surface area contributed by atoms with Gasteiger partial charge in [0.1, 0.15) is 5.75 Å². The van der Waals surface area contributed by atoms with Gasteiger partial charge in [-0.2, -0.15) is 0 Å². The number of para-hydroxylation sites is 2. The predicted molar refractivity (Wildman–Crippen MR) is 96.7 cm³/mol. The molecule has 0 bridgehead atoms. The van der Waals surface area contributed by atoms with Gasteiger partial charge < -0.3 is 15.2 Å². The van der Waals surface area contributed by atoms with Crippen LogP contribution >= 0.6 is 15.9 Å². The number of amides is 1. The van der Waals surface area contributed by atoms with Crippen molar-refractivity contribution in [3.05, 3.63) is 82.8 Å². The van der Waals surface area contributed by atoms with Gasteiger partial charge in [0, 0.05) is 10.2 Å². The van der Waals surface area contributed by atoms with Gasteiger partial charge in [0.2, 0.25) is 0 Å². The molecule has 0 radical (unpaired) electrons. The van der Waals surface area contributed by atoms with Gasteiger partial charge in [-0.05, 0) is 48.5 Å². The normalized spacial score (nSPS) is 10.2. The van der Waals surface area contributed by atoms with Gasteiger partial charge in [-0.15, -0.1) is 0 Å². The first kappa shape index (κ1) is 16.1. The zero-order valence-electron chi connectivity index (χ0n) is 12.6. The first-order chi connectivity index (χ1) is 11.6. The molecular weight excluding hydrogens is 370 g/mol. The fraction of sp³-hybridized carbons (Fsp3) is 0. The average molecular weight is 384 g/mol. The van der Waals surface area contributed by atoms with Crippen molar-refractivity contribution < 1.29 is 14.6 Å². The third-order valence-corrected chi connectivity index (χ3v) is 3.85. The first-order valence-electron chi connectivity index (χ1n) is 7.25. The number of hydrogen-bond donors (Lipinski definition) is 2. The van der Waals surface area contributed by atoms with Gasteiger partial charge in [0.15, 0.2) is 11.5 Å². The van der Waals surface area contributed by atoms with Gasteiger partial charge >= 0.3 is 0 Å². The van der Waals surface area contributed by atoms with Gasteiger partial charge in [0.25, 0.3) is 5.91 Å². The summed E-state index contributed by atoms with van der Waals surface area (Å²) in [6.45, 7) is 0. The van der Waals surface area contributed by atoms with Gasteiger partial charge in [-0.25, -0.2) is 0 Å². The van der Waals surface area contributed by atoms with Crippen LogP contribution in [0.15, 0.2) is 77.3 Å². The molecule has 4 nitrogen and oxygen atoms in total. The van der Waals surface area contributed by atoms with E-state index >= 15 is 0 Å². The first-order valence-corrected chi connectivity index (χ1v) is 8.04. The quantitative estimate of drug-likeness (QED) is 0.650. The number of aromatic hydroxyl groups is 1. The Morgan fingerprint density at radius 1 is 0.917 bits per heavy atom. The van der Waals surface area contributed by atoms with E-state index in [9.17, 15) is 9.90 Å². The molecule has 2 N–H and O–H groups in total. The summed E-state index contributed by atoms with van der Waals surface area (Å²) in [5.74, 6) is 0.181. The summed E-state index contributed by atoms with van der Waals surface area (Å²) >= 11 is 3.35. The van der Waals surface area contributed by atoms with E-state index in [1.165, 1.54) is 0 Å². The van der Waals surface area contributed by atoms with E-state index in [1.54, 1.807) is 42.5 Å². The molecule has 0 aliphatic carbocycles. The second-order valence-corrected chi connectivity index (χ2v) is 5.94. The van der Waals surface area contributed by atoms with Crippen LogP contribution in [0.25, 0.3) is 0 Å². The van der Waals surface area contributed by atoms with Crippen LogP contribution in [-0.2, 0) is 0 Å². The molecule has 5 heteroatoms. The summed E-state index contributed by atoms with van der Waals surface area (Å²) in [5, 5.41) is 13.1. The highest BCUT2D eigenvalue weighted by atomic mass is 79.9. The molecule has 120 valence electrons. The summed E-state index contributed by atoms with van der Waals surface area (Å²) in [4.78, 5) is 12.4. The molecular formula is C19H14BrNO3. The Balaban J connectivity index is 1.82. The van der Waals surface area contributed by atoms with Crippen LogP contribution in [0, 0.1) is 0 Å². The van der Waals surface area contributed by atoms with Gasteiger partial charge in [-0.3, -0.25) is 4.79 Å². The number of anilines is 1. The monoisotopic (exact) mass is 383 g/mol. The lowest BCUT2D eigenvalue weighted by Gasteiger charge is -2.11.